The van der Waals surface area contributed by atoms with E-state index >= 15 is 0 Å². The van der Waals surface area contributed by atoms with Crippen molar-refractivity contribution in [2.24, 2.45) is 0 Å². The Morgan fingerprint density at radius 1 is 1.17 bits per heavy atom. The van der Waals surface area contributed by atoms with Crippen LogP contribution in [-0.4, -0.2) is 36.2 Å². The van der Waals surface area contributed by atoms with E-state index in [4.69, 9.17) is 22.1 Å². The van der Waals surface area contributed by atoms with E-state index in [2.05, 4.69) is 19.9 Å². The summed E-state index contributed by atoms with van der Waals surface area (Å²) in [7, 11) is 1.61. The normalized spacial score (nSPS) is 11.2. The number of pyridine rings is 2. The molecule has 9 nitrogen and oxygen atoms in total. The van der Waals surface area contributed by atoms with E-state index in [1.807, 2.05) is 26.0 Å². The van der Waals surface area contributed by atoms with Crippen LogP contribution in [-0.2, 0) is 13.1 Å². The zero-order valence-corrected chi connectivity index (χ0v) is 17.5. The number of halogens is 1. The van der Waals surface area contributed by atoms with E-state index in [1.165, 1.54) is 9.13 Å². The molecule has 0 saturated heterocycles. The Bertz CT molecular complexity index is 1300. The van der Waals surface area contributed by atoms with E-state index in [9.17, 15) is 4.79 Å². The Morgan fingerprint density at radius 2 is 1.97 bits per heavy atom. The van der Waals surface area contributed by atoms with E-state index in [1.54, 1.807) is 25.7 Å². The van der Waals surface area contributed by atoms with E-state index in [-0.39, 0.29) is 29.9 Å². The van der Waals surface area contributed by atoms with Gasteiger partial charge in [-0.1, -0.05) is 17.7 Å². The van der Waals surface area contributed by atoms with Crippen LogP contribution in [0.1, 0.15) is 22.4 Å². The third kappa shape index (κ3) is 3.37. The maximum Gasteiger partial charge on any atom is 0.331 e. The van der Waals surface area contributed by atoms with Crippen LogP contribution in [0.2, 0.25) is 5.15 Å². The minimum atomic E-state index is -0.295. The Morgan fingerprint density at radius 3 is 2.67 bits per heavy atom. The molecule has 0 unspecified atom stereocenters. The van der Waals surface area contributed by atoms with Crippen LogP contribution in [0.5, 0.6) is 5.75 Å². The SMILES string of the molecule is COc1c(C)cnc(Cn2c(=O)n(Cc3cccnc3)c3c(Cl)nc(N)nc32)c1C. The van der Waals surface area contributed by atoms with Gasteiger partial charge in [0, 0.05) is 29.7 Å². The number of fused-ring (bicyclic) bond motifs is 1. The number of nitrogens with zero attached hydrogens (tertiary/aromatic N) is 6. The highest BCUT2D eigenvalue weighted by atomic mass is 35.5. The van der Waals surface area contributed by atoms with Gasteiger partial charge in [0.25, 0.3) is 0 Å². The molecule has 4 aromatic rings. The highest BCUT2D eigenvalue weighted by Gasteiger charge is 2.21. The Balaban J connectivity index is 1.91. The number of nitrogen functional groups attached to an aromatic ring is 1. The Hall–Kier alpha value is -3.46. The fraction of sp³-hybridized carbons (Fsp3) is 0.250. The summed E-state index contributed by atoms with van der Waals surface area (Å²) in [5.74, 6) is 0.727. The first-order valence-corrected chi connectivity index (χ1v) is 9.58. The van der Waals surface area contributed by atoms with Crippen molar-refractivity contribution in [1.82, 2.24) is 29.1 Å². The van der Waals surface area contributed by atoms with Crippen LogP contribution < -0.4 is 16.2 Å². The number of aromatic nitrogens is 6. The average molecular weight is 426 g/mol. The average Bonchev–Trinajstić information content (AvgIpc) is 2.97. The maximum absolute atomic E-state index is 13.4. The number of aryl methyl sites for hydroxylation is 1. The lowest BCUT2D eigenvalue weighted by Crippen LogP contribution is -2.26. The highest BCUT2D eigenvalue weighted by Crippen LogP contribution is 2.26. The van der Waals surface area contributed by atoms with E-state index in [0.717, 1.165) is 22.4 Å². The molecule has 0 bridgehead atoms. The molecule has 0 amide bonds. The van der Waals surface area contributed by atoms with Gasteiger partial charge < -0.3 is 10.5 Å². The zero-order valence-electron chi connectivity index (χ0n) is 16.8. The minimum absolute atomic E-state index is 0.00838. The molecule has 0 radical (unpaired) electrons. The number of hydrogen-bond acceptors (Lipinski definition) is 7. The van der Waals surface area contributed by atoms with Crippen LogP contribution in [0.3, 0.4) is 0 Å². The number of methoxy groups -OCH3 is 1. The quantitative estimate of drug-likeness (QED) is 0.488. The molecule has 0 aromatic carbocycles. The fourth-order valence-electron chi connectivity index (χ4n) is 3.53. The molecule has 4 heterocycles. The number of imidazole rings is 1. The van der Waals surface area contributed by atoms with Gasteiger partial charge in [-0.2, -0.15) is 9.97 Å². The molecule has 10 heteroatoms. The summed E-state index contributed by atoms with van der Waals surface area (Å²) in [6, 6.07) is 3.69. The van der Waals surface area contributed by atoms with Crippen molar-refractivity contribution in [2.45, 2.75) is 26.9 Å². The lowest BCUT2D eigenvalue weighted by Gasteiger charge is -2.12. The molecule has 0 aliphatic rings. The summed E-state index contributed by atoms with van der Waals surface area (Å²) in [6.45, 7) is 4.28. The van der Waals surface area contributed by atoms with Crippen LogP contribution in [0, 0.1) is 13.8 Å². The first-order chi connectivity index (χ1) is 14.4. The van der Waals surface area contributed by atoms with Crippen molar-refractivity contribution in [1.29, 1.82) is 0 Å². The number of anilines is 1. The summed E-state index contributed by atoms with van der Waals surface area (Å²) in [4.78, 5) is 30.3. The molecule has 2 N–H and O–H groups in total. The van der Waals surface area contributed by atoms with Gasteiger partial charge in [-0.05, 0) is 25.5 Å². The summed E-state index contributed by atoms with van der Waals surface area (Å²) < 4.78 is 8.51. The van der Waals surface area contributed by atoms with Crippen LogP contribution in [0.15, 0.2) is 35.5 Å². The van der Waals surface area contributed by atoms with Crippen LogP contribution in [0.25, 0.3) is 11.2 Å². The Labute approximate surface area is 177 Å². The molecule has 0 aliphatic heterocycles. The smallest absolute Gasteiger partial charge is 0.331 e. The van der Waals surface area contributed by atoms with Gasteiger partial charge in [0.05, 0.1) is 25.9 Å². The van der Waals surface area contributed by atoms with Crippen molar-refractivity contribution < 1.29 is 4.74 Å². The second kappa shape index (κ2) is 7.75. The summed E-state index contributed by atoms with van der Waals surface area (Å²) >= 11 is 6.37. The topological polar surface area (TPSA) is 114 Å². The van der Waals surface area contributed by atoms with Crippen molar-refractivity contribution in [2.75, 3.05) is 12.8 Å². The molecule has 30 heavy (non-hydrogen) atoms. The third-order valence-electron chi connectivity index (χ3n) is 4.95. The molecular weight excluding hydrogens is 406 g/mol. The number of nitrogens with two attached hydrogens (primary N) is 1. The van der Waals surface area contributed by atoms with Gasteiger partial charge >= 0.3 is 5.69 Å². The molecule has 4 aromatic heterocycles. The monoisotopic (exact) mass is 425 g/mol. The lowest BCUT2D eigenvalue weighted by molar-refractivity contribution is 0.406. The molecule has 4 rings (SSSR count). The first-order valence-electron chi connectivity index (χ1n) is 9.20. The van der Waals surface area contributed by atoms with Crippen LogP contribution in [0.4, 0.5) is 5.95 Å². The summed E-state index contributed by atoms with van der Waals surface area (Å²) in [6.07, 6.45) is 5.08. The van der Waals surface area contributed by atoms with Crippen LogP contribution >= 0.6 is 11.6 Å². The number of rotatable bonds is 5. The molecule has 154 valence electrons. The standard InChI is InChI=1S/C20H20ClN7O2/c1-11-7-24-14(12(2)16(11)30-3)10-28-18-15(17(21)25-19(22)26-18)27(20(28)29)9-13-5-4-6-23-8-13/h4-8H,9-10H2,1-3H3,(H2,22,25,26). The van der Waals surface area contributed by atoms with Crippen molar-refractivity contribution >= 4 is 28.7 Å². The molecule has 0 aliphatic carbocycles. The molecule has 0 atom stereocenters. The lowest BCUT2D eigenvalue weighted by atomic mass is 10.1. The predicted octanol–water partition coefficient (Wildman–Crippen LogP) is 2.34. The van der Waals surface area contributed by atoms with Gasteiger partial charge in [0.15, 0.2) is 10.8 Å². The summed E-state index contributed by atoms with van der Waals surface area (Å²) in [5.41, 5.74) is 9.59. The highest BCUT2D eigenvalue weighted by molar-refractivity contribution is 6.33. The molecular formula is C20H20ClN7O2. The number of ether oxygens (including phenoxy) is 1. The fourth-order valence-corrected chi connectivity index (χ4v) is 3.80. The zero-order chi connectivity index (χ0) is 21.4. The summed E-state index contributed by atoms with van der Waals surface area (Å²) in [5, 5.41) is 0.114. The van der Waals surface area contributed by atoms with Crippen molar-refractivity contribution in [3.8, 4) is 5.75 Å². The first kappa shape index (κ1) is 19.8. The van der Waals surface area contributed by atoms with Gasteiger partial charge in [-0.25, -0.2) is 4.79 Å². The predicted molar refractivity (Wildman–Crippen MR) is 114 cm³/mol. The van der Waals surface area contributed by atoms with Gasteiger partial charge in [-0.15, -0.1) is 0 Å². The Kier molecular flexibility index (Phi) is 5.13. The van der Waals surface area contributed by atoms with Gasteiger partial charge in [0.2, 0.25) is 5.95 Å². The van der Waals surface area contributed by atoms with Crippen molar-refractivity contribution in [3.63, 3.8) is 0 Å². The van der Waals surface area contributed by atoms with Crippen molar-refractivity contribution in [3.05, 3.63) is 68.7 Å². The second-order valence-electron chi connectivity index (χ2n) is 6.91. The number of hydrogen-bond donors (Lipinski definition) is 1. The molecule has 0 spiro atoms. The van der Waals surface area contributed by atoms with Gasteiger partial charge in [-0.3, -0.25) is 19.1 Å². The van der Waals surface area contributed by atoms with E-state index in [0.29, 0.717) is 16.9 Å². The molecule has 0 saturated carbocycles. The molecule has 0 fully saturated rings. The third-order valence-corrected chi connectivity index (χ3v) is 5.21. The largest absolute Gasteiger partial charge is 0.496 e. The second-order valence-corrected chi connectivity index (χ2v) is 7.27. The maximum atomic E-state index is 13.4. The van der Waals surface area contributed by atoms with E-state index < -0.39 is 0 Å². The van der Waals surface area contributed by atoms with Gasteiger partial charge in [0.1, 0.15) is 11.3 Å². The minimum Gasteiger partial charge on any atom is -0.496 e.